The summed E-state index contributed by atoms with van der Waals surface area (Å²) in [7, 11) is 0. The van der Waals surface area contributed by atoms with Crippen LogP contribution in [-0.4, -0.2) is 22.1 Å². The Morgan fingerprint density at radius 2 is 1.79 bits per heavy atom. The number of carbonyl (C=O) groups excluding carboxylic acids is 1. The molecule has 1 atom stereocenters. The average molecular weight is 408 g/mol. The van der Waals surface area contributed by atoms with Gasteiger partial charge in [0.15, 0.2) is 5.16 Å². The molecule has 0 aliphatic rings. The average Bonchev–Trinajstić information content (AvgIpc) is 2.54. The van der Waals surface area contributed by atoms with Crippen molar-refractivity contribution < 1.29 is 4.79 Å². The Kier molecular flexibility index (Phi) is 6.80. The van der Waals surface area contributed by atoms with Gasteiger partial charge in [0.25, 0.3) is 0 Å². The molecule has 1 aromatic heterocycles. The third-order valence-electron chi connectivity index (χ3n) is 3.93. The quantitative estimate of drug-likeness (QED) is 0.569. The number of nitrogens with zero attached hydrogens (tertiary/aromatic N) is 2. The lowest BCUT2D eigenvalue weighted by atomic mass is 10.1. The summed E-state index contributed by atoms with van der Waals surface area (Å²) in [6, 6.07) is 7.98. The van der Waals surface area contributed by atoms with E-state index in [1.165, 1.54) is 11.8 Å². The molecule has 128 valence electrons. The summed E-state index contributed by atoms with van der Waals surface area (Å²) in [6.45, 7) is 5.95. The third kappa shape index (κ3) is 5.05. The Bertz CT molecular complexity index is 696. The second-order valence-corrected chi connectivity index (χ2v) is 7.39. The number of amides is 1. The molecule has 0 aliphatic heterocycles. The number of aromatic nitrogens is 2. The van der Waals surface area contributed by atoms with Gasteiger partial charge in [0, 0.05) is 22.3 Å². The first-order valence-corrected chi connectivity index (χ1v) is 9.85. The lowest BCUT2D eigenvalue weighted by Crippen LogP contribution is -2.27. The summed E-state index contributed by atoms with van der Waals surface area (Å²) in [6.07, 6.45) is 3.06. The van der Waals surface area contributed by atoms with Crippen molar-refractivity contribution >= 4 is 33.6 Å². The SMILES string of the molecule is CSc1nc(C)c(CCC(=O)N[C@@H](C)c2ccc(Br)cc2)c(C)n1. The fourth-order valence-corrected chi connectivity index (χ4v) is 3.27. The van der Waals surface area contributed by atoms with Gasteiger partial charge in [-0.25, -0.2) is 9.97 Å². The van der Waals surface area contributed by atoms with Gasteiger partial charge in [-0.3, -0.25) is 4.79 Å². The van der Waals surface area contributed by atoms with Crippen LogP contribution in [0, 0.1) is 13.8 Å². The van der Waals surface area contributed by atoms with Crippen LogP contribution < -0.4 is 5.32 Å². The van der Waals surface area contributed by atoms with Gasteiger partial charge in [-0.05, 0) is 56.7 Å². The molecule has 0 saturated carbocycles. The predicted octanol–water partition coefficient (Wildman–Crippen LogP) is 4.39. The van der Waals surface area contributed by atoms with Crippen molar-refractivity contribution in [3.63, 3.8) is 0 Å². The molecule has 4 nitrogen and oxygen atoms in total. The van der Waals surface area contributed by atoms with E-state index in [0.717, 1.165) is 32.1 Å². The highest BCUT2D eigenvalue weighted by Crippen LogP contribution is 2.19. The Morgan fingerprint density at radius 3 is 2.33 bits per heavy atom. The normalized spacial score (nSPS) is 12.0. The number of hydrogen-bond donors (Lipinski definition) is 1. The van der Waals surface area contributed by atoms with Crippen LogP contribution in [0.5, 0.6) is 0 Å². The highest BCUT2D eigenvalue weighted by atomic mass is 79.9. The van der Waals surface area contributed by atoms with Gasteiger partial charge in [-0.2, -0.15) is 0 Å². The maximum atomic E-state index is 12.2. The highest BCUT2D eigenvalue weighted by molar-refractivity contribution is 9.10. The van der Waals surface area contributed by atoms with Crippen LogP contribution in [0.4, 0.5) is 0 Å². The molecule has 0 spiro atoms. The minimum absolute atomic E-state index is 0.0112. The number of carbonyl (C=O) groups is 1. The van der Waals surface area contributed by atoms with Gasteiger partial charge in [0.1, 0.15) is 0 Å². The van der Waals surface area contributed by atoms with Crippen LogP contribution in [0.15, 0.2) is 33.9 Å². The Morgan fingerprint density at radius 1 is 1.21 bits per heavy atom. The second-order valence-electron chi connectivity index (χ2n) is 5.70. The van der Waals surface area contributed by atoms with Crippen molar-refractivity contribution in [3.8, 4) is 0 Å². The molecule has 0 radical (unpaired) electrons. The fraction of sp³-hybridized carbons (Fsp3) is 0.389. The van der Waals surface area contributed by atoms with Gasteiger partial charge >= 0.3 is 0 Å². The number of thioether (sulfide) groups is 1. The van der Waals surface area contributed by atoms with Crippen molar-refractivity contribution in [1.82, 2.24) is 15.3 Å². The van der Waals surface area contributed by atoms with Crippen molar-refractivity contribution in [2.75, 3.05) is 6.26 Å². The van der Waals surface area contributed by atoms with Crippen LogP contribution in [0.1, 0.15) is 41.9 Å². The van der Waals surface area contributed by atoms with Crippen LogP contribution in [-0.2, 0) is 11.2 Å². The van der Waals surface area contributed by atoms with Crippen LogP contribution in [0.3, 0.4) is 0 Å². The maximum Gasteiger partial charge on any atom is 0.220 e. The molecule has 1 aromatic carbocycles. The van der Waals surface area contributed by atoms with E-state index >= 15 is 0 Å². The number of rotatable bonds is 6. The topological polar surface area (TPSA) is 54.9 Å². The molecular weight excluding hydrogens is 386 g/mol. The largest absolute Gasteiger partial charge is 0.350 e. The third-order valence-corrected chi connectivity index (χ3v) is 5.01. The van der Waals surface area contributed by atoms with Crippen LogP contribution in [0.2, 0.25) is 0 Å². The van der Waals surface area contributed by atoms with Gasteiger partial charge in [0.2, 0.25) is 5.91 Å². The molecule has 2 rings (SSSR count). The molecule has 0 bridgehead atoms. The molecular formula is C18H22BrN3OS. The summed E-state index contributed by atoms with van der Waals surface area (Å²) in [5.41, 5.74) is 4.08. The van der Waals surface area contributed by atoms with E-state index in [1.54, 1.807) is 0 Å². The molecule has 0 fully saturated rings. The maximum absolute atomic E-state index is 12.2. The van der Waals surface area contributed by atoms with E-state index in [4.69, 9.17) is 0 Å². The highest BCUT2D eigenvalue weighted by Gasteiger charge is 2.13. The molecule has 6 heteroatoms. The second kappa shape index (κ2) is 8.62. The van der Waals surface area contributed by atoms with E-state index in [-0.39, 0.29) is 11.9 Å². The number of nitrogens with one attached hydrogen (secondary N) is 1. The molecule has 1 amide bonds. The first-order chi connectivity index (χ1) is 11.4. The van der Waals surface area contributed by atoms with Crippen LogP contribution >= 0.6 is 27.7 Å². The molecule has 0 unspecified atom stereocenters. The van der Waals surface area contributed by atoms with Crippen molar-refractivity contribution in [2.24, 2.45) is 0 Å². The van der Waals surface area contributed by atoms with E-state index in [1.807, 2.05) is 51.3 Å². The number of halogens is 1. The molecule has 1 N–H and O–H groups in total. The molecule has 24 heavy (non-hydrogen) atoms. The standard InChI is InChI=1S/C18H22BrN3OS/c1-11(14-5-7-15(19)8-6-14)20-17(23)10-9-16-12(2)21-18(24-4)22-13(16)3/h5-8,11H,9-10H2,1-4H3,(H,20,23)/t11-/m0/s1. The van der Waals surface area contributed by atoms with Crippen LogP contribution in [0.25, 0.3) is 0 Å². The molecule has 2 aromatic rings. The van der Waals surface area contributed by atoms with Gasteiger partial charge in [-0.15, -0.1) is 0 Å². The minimum Gasteiger partial charge on any atom is -0.350 e. The fourth-order valence-electron chi connectivity index (χ4n) is 2.55. The van der Waals surface area contributed by atoms with E-state index < -0.39 is 0 Å². The Hall–Kier alpha value is -1.40. The van der Waals surface area contributed by atoms with Crippen molar-refractivity contribution in [2.45, 2.75) is 44.8 Å². The lowest BCUT2D eigenvalue weighted by molar-refractivity contribution is -0.121. The summed E-state index contributed by atoms with van der Waals surface area (Å²) in [5.74, 6) is 0.0400. The van der Waals surface area contributed by atoms with Gasteiger partial charge in [-0.1, -0.05) is 39.8 Å². The van der Waals surface area contributed by atoms with Gasteiger partial charge < -0.3 is 5.32 Å². The molecule has 0 saturated heterocycles. The van der Waals surface area contributed by atoms with Gasteiger partial charge in [0.05, 0.1) is 6.04 Å². The lowest BCUT2D eigenvalue weighted by Gasteiger charge is -2.15. The van der Waals surface area contributed by atoms with Crippen molar-refractivity contribution in [1.29, 1.82) is 0 Å². The number of aryl methyl sites for hydroxylation is 2. The minimum atomic E-state index is -0.0112. The zero-order chi connectivity index (χ0) is 17.7. The number of hydrogen-bond acceptors (Lipinski definition) is 4. The first kappa shape index (κ1) is 18.9. The summed E-state index contributed by atoms with van der Waals surface area (Å²) < 4.78 is 1.03. The summed E-state index contributed by atoms with van der Waals surface area (Å²) in [4.78, 5) is 21.2. The Balaban J connectivity index is 1.95. The van der Waals surface area contributed by atoms with E-state index in [9.17, 15) is 4.79 Å². The molecule has 1 heterocycles. The summed E-state index contributed by atoms with van der Waals surface area (Å²) >= 11 is 4.95. The Labute approximate surface area is 156 Å². The van der Waals surface area contributed by atoms with E-state index in [0.29, 0.717) is 12.8 Å². The van der Waals surface area contributed by atoms with Crippen molar-refractivity contribution in [3.05, 3.63) is 51.3 Å². The molecule has 0 aliphatic carbocycles. The van der Waals surface area contributed by atoms with E-state index in [2.05, 4.69) is 31.2 Å². The summed E-state index contributed by atoms with van der Waals surface area (Å²) in [5, 5.41) is 3.83. The monoisotopic (exact) mass is 407 g/mol. The zero-order valence-corrected chi connectivity index (χ0v) is 16.8. The predicted molar refractivity (Wildman–Crippen MR) is 102 cm³/mol. The smallest absolute Gasteiger partial charge is 0.220 e. The first-order valence-electron chi connectivity index (χ1n) is 7.83. The number of benzene rings is 1. The zero-order valence-electron chi connectivity index (χ0n) is 14.4.